The highest BCUT2D eigenvalue weighted by molar-refractivity contribution is 6.18. The first-order valence-electron chi connectivity index (χ1n) is 3.78. The maximum Gasteiger partial charge on any atom is 0.216 e. The standard InChI is InChI=1S/C8H16ClNO/c1-7(11)10-5-4-8(2,3)6-9/h4-6H2,1-3H3,(H,10,11). The predicted molar refractivity (Wildman–Crippen MR) is 47.8 cm³/mol. The molecule has 0 aromatic carbocycles. The summed E-state index contributed by atoms with van der Waals surface area (Å²) in [4.78, 5) is 10.5. The van der Waals surface area contributed by atoms with Crippen LogP contribution in [0.25, 0.3) is 0 Å². The molecular formula is C8H16ClNO. The topological polar surface area (TPSA) is 29.1 Å². The highest BCUT2D eigenvalue weighted by atomic mass is 35.5. The molecule has 11 heavy (non-hydrogen) atoms. The molecule has 3 heteroatoms. The second-order valence-corrected chi connectivity index (χ2v) is 3.80. The van der Waals surface area contributed by atoms with E-state index in [1.807, 2.05) is 0 Å². The molecule has 0 aliphatic heterocycles. The molecule has 0 aromatic rings. The van der Waals surface area contributed by atoms with Crippen molar-refractivity contribution in [3.05, 3.63) is 0 Å². The van der Waals surface area contributed by atoms with Crippen molar-refractivity contribution in [2.75, 3.05) is 12.4 Å². The SMILES string of the molecule is CC(=O)NCCC(C)(C)CCl. The molecule has 0 saturated heterocycles. The molecule has 0 aliphatic carbocycles. The van der Waals surface area contributed by atoms with E-state index in [1.54, 1.807) is 0 Å². The van der Waals surface area contributed by atoms with Crippen LogP contribution in [0.3, 0.4) is 0 Å². The number of nitrogens with one attached hydrogen (secondary N) is 1. The van der Waals surface area contributed by atoms with Gasteiger partial charge in [-0.05, 0) is 11.8 Å². The Labute approximate surface area is 73.3 Å². The number of rotatable bonds is 4. The summed E-state index contributed by atoms with van der Waals surface area (Å²) < 4.78 is 0. The predicted octanol–water partition coefficient (Wildman–Crippen LogP) is 1.78. The number of amides is 1. The number of halogens is 1. The summed E-state index contributed by atoms with van der Waals surface area (Å²) in [5, 5.41) is 2.74. The molecule has 0 unspecified atom stereocenters. The third kappa shape index (κ3) is 6.17. The number of hydrogen-bond acceptors (Lipinski definition) is 1. The van der Waals surface area contributed by atoms with E-state index in [-0.39, 0.29) is 11.3 Å². The number of carbonyl (C=O) groups excluding carboxylic acids is 1. The lowest BCUT2D eigenvalue weighted by Gasteiger charge is -2.20. The van der Waals surface area contributed by atoms with Crippen LogP contribution in [0.1, 0.15) is 27.2 Å². The van der Waals surface area contributed by atoms with Gasteiger partial charge in [-0.1, -0.05) is 13.8 Å². The zero-order valence-corrected chi connectivity index (χ0v) is 8.16. The van der Waals surface area contributed by atoms with Gasteiger partial charge in [-0.15, -0.1) is 11.6 Å². The van der Waals surface area contributed by atoms with Crippen molar-refractivity contribution in [2.45, 2.75) is 27.2 Å². The fourth-order valence-electron chi connectivity index (χ4n) is 0.644. The molecule has 2 nitrogen and oxygen atoms in total. The first-order chi connectivity index (χ1) is 4.98. The van der Waals surface area contributed by atoms with Crippen molar-refractivity contribution in [3.63, 3.8) is 0 Å². The van der Waals surface area contributed by atoms with Crippen LogP contribution < -0.4 is 5.32 Å². The van der Waals surface area contributed by atoms with E-state index in [9.17, 15) is 4.79 Å². The maximum absolute atomic E-state index is 10.5. The van der Waals surface area contributed by atoms with E-state index in [2.05, 4.69) is 19.2 Å². The summed E-state index contributed by atoms with van der Waals surface area (Å²) in [6.45, 7) is 6.41. The lowest BCUT2D eigenvalue weighted by atomic mass is 9.92. The van der Waals surface area contributed by atoms with Crippen molar-refractivity contribution in [3.8, 4) is 0 Å². The van der Waals surface area contributed by atoms with E-state index in [0.29, 0.717) is 5.88 Å². The average Bonchev–Trinajstić information content (AvgIpc) is 1.87. The first-order valence-corrected chi connectivity index (χ1v) is 4.32. The fourth-order valence-corrected chi connectivity index (χ4v) is 0.777. The van der Waals surface area contributed by atoms with E-state index in [0.717, 1.165) is 13.0 Å². The van der Waals surface area contributed by atoms with Crippen LogP contribution in [0.4, 0.5) is 0 Å². The second kappa shape index (κ2) is 4.60. The number of alkyl halides is 1. The van der Waals surface area contributed by atoms with Crippen LogP contribution in [-0.2, 0) is 4.79 Å². The van der Waals surface area contributed by atoms with Crippen molar-refractivity contribution >= 4 is 17.5 Å². The van der Waals surface area contributed by atoms with Gasteiger partial charge < -0.3 is 5.32 Å². The van der Waals surface area contributed by atoms with Gasteiger partial charge in [0.1, 0.15) is 0 Å². The van der Waals surface area contributed by atoms with Gasteiger partial charge in [-0.2, -0.15) is 0 Å². The normalized spacial score (nSPS) is 11.3. The Bertz CT molecular complexity index is 134. The number of carbonyl (C=O) groups is 1. The maximum atomic E-state index is 10.5. The lowest BCUT2D eigenvalue weighted by molar-refractivity contribution is -0.119. The second-order valence-electron chi connectivity index (χ2n) is 3.53. The van der Waals surface area contributed by atoms with Crippen LogP contribution in [0.15, 0.2) is 0 Å². The van der Waals surface area contributed by atoms with Crippen molar-refractivity contribution in [1.82, 2.24) is 5.32 Å². The Balaban J connectivity index is 3.45. The Morgan fingerprint density at radius 2 is 2.09 bits per heavy atom. The summed E-state index contributed by atoms with van der Waals surface area (Å²) in [7, 11) is 0. The molecule has 0 heterocycles. The molecule has 1 N–H and O–H groups in total. The third-order valence-electron chi connectivity index (χ3n) is 1.54. The minimum Gasteiger partial charge on any atom is -0.356 e. The highest BCUT2D eigenvalue weighted by Gasteiger charge is 2.15. The largest absolute Gasteiger partial charge is 0.356 e. The Kier molecular flexibility index (Phi) is 4.50. The van der Waals surface area contributed by atoms with Gasteiger partial charge in [-0.25, -0.2) is 0 Å². The summed E-state index contributed by atoms with van der Waals surface area (Å²) in [6.07, 6.45) is 0.927. The van der Waals surface area contributed by atoms with Gasteiger partial charge in [0.05, 0.1) is 0 Å². The molecule has 0 radical (unpaired) electrons. The van der Waals surface area contributed by atoms with Gasteiger partial charge in [0.15, 0.2) is 0 Å². The minimum absolute atomic E-state index is 0.0235. The van der Waals surface area contributed by atoms with E-state index in [4.69, 9.17) is 11.6 Å². The quantitative estimate of drug-likeness (QED) is 0.652. The molecule has 0 aromatic heterocycles. The minimum atomic E-state index is 0.0235. The van der Waals surface area contributed by atoms with Crippen molar-refractivity contribution in [2.24, 2.45) is 5.41 Å². The highest BCUT2D eigenvalue weighted by Crippen LogP contribution is 2.20. The Hall–Kier alpha value is -0.240. The summed E-state index contributed by atoms with van der Waals surface area (Å²) >= 11 is 5.70. The molecule has 1 amide bonds. The third-order valence-corrected chi connectivity index (χ3v) is 2.26. The molecule has 0 aliphatic rings. The number of hydrogen-bond donors (Lipinski definition) is 1. The molecule has 0 atom stereocenters. The molecule has 0 spiro atoms. The van der Waals surface area contributed by atoms with Gasteiger partial charge in [0.2, 0.25) is 5.91 Å². The smallest absolute Gasteiger partial charge is 0.216 e. The molecule has 66 valence electrons. The molecule has 0 saturated carbocycles. The molecule has 0 bridgehead atoms. The fraction of sp³-hybridized carbons (Fsp3) is 0.875. The molecule has 0 rings (SSSR count). The van der Waals surface area contributed by atoms with Gasteiger partial charge in [0.25, 0.3) is 0 Å². The Morgan fingerprint density at radius 1 is 1.55 bits per heavy atom. The first kappa shape index (κ1) is 10.8. The van der Waals surface area contributed by atoms with Crippen molar-refractivity contribution in [1.29, 1.82) is 0 Å². The average molecular weight is 178 g/mol. The molecule has 0 fully saturated rings. The van der Waals surface area contributed by atoms with E-state index >= 15 is 0 Å². The monoisotopic (exact) mass is 177 g/mol. The van der Waals surface area contributed by atoms with Crippen LogP contribution >= 0.6 is 11.6 Å². The summed E-state index contributed by atoms with van der Waals surface area (Å²) in [5.41, 5.74) is 0.129. The van der Waals surface area contributed by atoms with Crippen LogP contribution in [0.2, 0.25) is 0 Å². The van der Waals surface area contributed by atoms with Crippen LogP contribution in [0.5, 0.6) is 0 Å². The zero-order valence-electron chi connectivity index (χ0n) is 7.41. The van der Waals surface area contributed by atoms with Crippen molar-refractivity contribution < 1.29 is 4.79 Å². The van der Waals surface area contributed by atoms with Crippen LogP contribution in [-0.4, -0.2) is 18.3 Å². The van der Waals surface area contributed by atoms with Gasteiger partial charge in [0, 0.05) is 19.3 Å². The zero-order chi connectivity index (χ0) is 8.91. The van der Waals surface area contributed by atoms with Gasteiger partial charge in [-0.3, -0.25) is 4.79 Å². The summed E-state index contributed by atoms with van der Waals surface area (Å²) in [6, 6.07) is 0. The van der Waals surface area contributed by atoms with Crippen LogP contribution in [0, 0.1) is 5.41 Å². The van der Waals surface area contributed by atoms with Gasteiger partial charge >= 0.3 is 0 Å². The Morgan fingerprint density at radius 3 is 2.45 bits per heavy atom. The summed E-state index contributed by atoms with van der Waals surface area (Å²) in [5.74, 6) is 0.655. The van der Waals surface area contributed by atoms with E-state index in [1.165, 1.54) is 6.92 Å². The molecular weight excluding hydrogens is 162 g/mol. The lowest BCUT2D eigenvalue weighted by Crippen LogP contribution is -2.26. The van der Waals surface area contributed by atoms with E-state index < -0.39 is 0 Å².